The number of carbonyl (C=O) groups is 2. The number of nitrogens with one attached hydrogen (secondary N) is 2. The van der Waals surface area contributed by atoms with Gasteiger partial charge in [-0.25, -0.2) is 12.8 Å². The molecular formula is C50H59FN4O7SSi. The van der Waals surface area contributed by atoms with Gasteiger partial charge in [-0.3, -0.25) is 9.59 Å². The standard InChI is InChI=1S/C50H59FN4O7SSi/c1-50(2,3)64(46-11-6-4-7-12-46,47-13-8-5-9-14-47)62-43-24-22-42(23-25-43)60-36-44(61-37-56)35-52-31-28-38-16-20-40(21-17-38)53-41-29-33-54(34-30-41)49(57)48-15-10-32-55(48)63(58,59)45-26-18-39(51)19-27-45/h4-9,11-14,16-27,37,41,44,48,52-53H,10,15,28-36H2,1-3H3/t44-,48-/m0/s1. The number of anilines is 1. The van der Waals surface area contributed by atoms with Crippen LogP contribution in [0.4, 0.5) is 10.1 Å². The van der Waals surface area contributed by atoms with Gasteiger partial charge in [-0.1, -0.05) is 93.6 Å². The van der Waals surface area contributed by atoms with Gasteiger partial charge in [0, 0.05) is 37.9 Å². The highest BCUT2D eigenvalue weighted by Gasteiger charge is 2.52. The summed E-state index contributed by atoms with van der Waals surface area (Å²) in [5.41, 5.74) is 2.15. The van der Waals surface area contributed by atoms with E-state index in [4.69, 9.17) is 13.9 Å². The third kappa shape index (κ3) is 11.0. The second-order valence-corrected chi connectivity index (χ2v) is 23.6. The fourth-order valence-corrected chi connectivity index (χ4v) is 14.9. The Kier molecular flexibility index (Phi) is 15.2. The van der Waals surface area contributed by atoms with Crippen LogP contribution in [0.3, 0.4) is 0 Å². The van der Waals surface area contributed by atoms with Gasteiger partial charge in [0.15, 0.2) is 0 Å². The first-order valence-electron chi connectivity index (χ1n) is 22.1. The molecule has 0 spiro atoms. The summed E-state index contributed by atoms with van der Waals surface area (Å²) in [6.45, 7) is 9.83. The van der Waals surface area contributed by atoms with Crippen molar-refractivity contribution >= 4 is 46.8 Å². The highest BCUT2D eigenvalue weighted by molar-refractivity contribution is 7.89. The number of benzene rings is 5. The van der Waals surface area contributed by atoms with Gasteiger partial charge in [-0.15, -0.1) is 0 Å². The third-order valence-electron chi connectivity index (χ3n) is 12.2. The number of rotatable bonds is 19. The summed E-state index contributed by atoms with van der Waals surface area (Å²) < 4.78 is 59.9. The van der Waals surface area contributed by atoms with Crippen molar-refractivity contribution in [1.29, 1.82) is 0 Å². The van der Waals surface area contributed by atoms with E-state index in [9.17, 15) is 22.4 Å². The molecule has 2 fully saturated rings. The summed E-state index contributed by atoms with van der Waals surface area (Å²) in [5, 5.41) is 9.21. The molecule has 0 unspecified atom stereocenters. The van der Waals surface area contributed by atoms with Crippen molar-refractivity contribution in [3.05, 3.63) is 145 Å². The van der Waals surface area contributed by atoms with Gasteiger partial charge in [-0.2, -0.15) is 4.31 Å². The van der Waals surface area contributed by atoms with Crippen molar-refractivity contribution in [1.82, 2.24) is 14.5 Å². The number of sulfonamides is 1. The molecule has 64 heavy (non-hydrogen) atoms. The Hall–Kier alpha value is -5.54. The van der Waals surface area contributed by atoms with E-state index in [1.54, 1.807) is 4.90 Å². The first kappa shape index (κ1) is 46.4. The summed E-state index contributed by atoms with van der Waals surface area (Å²) >= 11 is 0. The molecule has 2 aliphatic rings. The lowest BCUT2D eigenvalue weighted by Crippen LogP contribution is -2.68. The molecule has 14 heteroatoms. The molecule has 0 radical (unpaired) electrons. The first-order chi connectivity index (χ1) is 30.9. The number of likely N-dealkylation sites (tertiary alicyclic amines) is 1. The van der Waals surface area contributed by atoms with Crippen LogP contribution < -0.4 is 30.2 Å². The van der Waals surface area contributed by atoms with E-state index < -0.39 is 36.3 Å². The van der Waals surface area contributed by atoms with Crippen LogP contribution in [0, 0.1) is 5.82 Å². The number of carbonyl (C=O) groups excluding carboxylic acids is 2. The number of piperidine rings is 1. The van der Waals surface area contributed by atoms with Gasteiger partial charge >= 0.3 is 8.32 Å². The van der Waals surface area contributed by atoms with Crippen LogP contribution in [0.5, 0.6) is 11.5 Å². The number of hydrogen-bond donors (Lipinski definition) is 2. The zero-order valence-electron chi connectivity index (χ0n) is 36.8. The maximum absolute atomic E-state index is 13.6. The second kappa shape index (κ2) is 21.0. The summed E-state index contributed by atoms with van der Waals surface area (Å²) in [6, 6.07) is 41.1. The molecule has 2 atom stereocenters. The molecule has 5 aromatic carbocycles. The average Bonchev–Trinajstić information content (AvgIpc) is 3.82. The molecule has 0 aromatic heterocycles. The Morgan fingerprint density at radius 3 is 2.02 bits per heavy atom. The number of ether oxygens (including phenoxy) is 2. The van der Waals surface area contributed by atoms with Gasteiger partial charge in [0.1, 0.15) is 36.1 Å². The van der Waals surface area contributed by atoms with Gasteiger partial charge in [0.05, 0.1) is 4.90 Å². The van der Waals surface area contributed by atoms with Crippen LogP contribution in [0.15, 0.2) is 138 Å². The summed E-state index contributed by atoms with van der Waals surface area (Å²) in [7, 11) is -6.69. The smallest absolute Gasteiger partial charge is 0.319 e. The van der Waals surface area contributed by atoms with Gasteiger partial charge < -0.3 is 29.4 Å². The van der Waals surface area contributed by atoms with Gasteiger partial charge in [0.2, 0.25) is 15.9 Å². The molecule has 5 aromatic rings. The van der Waals surface area contributed by atoms with Gasteiger partial charge in [0.25, 0.3) is 6.47 Å². The molecule has 11 nitrogen and oxygen atoms in total. The molecule has 2 saturated heterocycles. The zero-order chi connectivity index (χ0) is 45.2. The van der Waals surface area contributed by atoms with Crippen molar-refractivity contribution in [2.45, 2.75) is 81.0 Å². The third-order valence-corrected chi connectivity index (χ3v) is 19.1. The molecule has 0 bridgehead atoms. The van der Waals surface area contributed by atoms with Crippen molar-refractivity contribution in [2.24, 2.45) is 0 Å². The summed E-state index contributed by atoms with van der Waals surface area (Å²) in [4.78, 5) is 26.7. The Morgan fingerprint density at radius 2 is 1.42 bits per heavy atom. The summed E-state index contributed by atoms with van der Waals surface area (Å²) in [6.07, 6.45) is 2.85. The minimum absolute atomic E-state index is 0.00410. The lowest BCUT2D eigenvalue weighted by atomic mass is 10.0. The second-order valence-electron chi connectivity index (χ2n) is 17.5. The minimum atomic E-state index is -3.91. The monoisotopic (exact) mass is 906 g/mol. The number of halogens is 1. The Labute approximate surface area is 378 Å². The van der Waals surface area contributed by atoms with Crippen LogP contribution >= 0.6 is 0 Å². The van der Waals surface area contributed by atoms with Crippen LogP contribution in [0.2, 0.25) is 5.04 Å². The van der Waals surface area contributed by atoms with Crippen LogP contribution in [0.1, 0.15) is 52.0 Å². The Bertz CT molecular complexity index is 2340. The van der Waals surface area contributed by atoms with E-state index in [1.165, 1.54) is 26.8 Å². The number of amides is 1. The molecule has 1 amide bonds. The fraction of sp³-hybridized carbons (Fsp3) is 0.360. The van der Waals surface area contributed by atoms with Crippen molar-refractivity contribution < 1.29 is 36.3 Å². The molecule has 0 saturated carbocycles. The van der Waals surface area contributed by atoms with E-state index in [0.29, 0.717) is 51.2 Å². The van der Waals surface area contributed by atoms with Crippen LogP contribution in [0.25, 0.3) is 0 Å². The van der Waals surface area contributed by atoms with Crippen molar-refractivity contribution in [3.8, 4) is 11.5 Å². The van der Waals surface area contributed by atoms with Crippen LogP contribution in [-0.2, 0) is 30.8 Å². The Morgan fingerprint density at radius 1 is 0.812 bits per heavy atom. The molecular weight excluding hydrogens is 848 g/mol. The molecule has 2 N–H and O–H groups in total. The maximum atomic E-state index is 13.6. The molecule has 338 valence electrons. The van der Waals surface area contributed by atoms with E-state index >= 15 is 0 Å². The van der Waals surface area contributed by atoms with Crippen LogP contribution in [-0.4, -0.2) is 95.8 Å². The van der Waals surface area contributed by atoms with Crippen molar-refractivity contribution in [2.75, 3.05) is 44.6 Å². The first-order valence-corrected chi connectivity index (χ1v) is 25.5. The number of nitrogens with zero attached hydrogens (tertiary/aromatic N) is 2. The fourth-order valence-electron chi connectivity index (χ4n) is 8.81. The normalized spacial score (nSPS) is 16.8. The number of hydrogen-bond acceptors (Lipinski definition) is 9. The lowest BCUT2D eigenvalue weighted by molar-refractivity contribution is -0.136. The maximum Gasteiger partial charge on any atom is 0.319 e. The highest BCUT2D eigenvalue weighted by atomic mass is 32.2. The SMILES string of the molecule is CC(C)(C)[Si](Oc1ccc(OC[C@H](CNCCc2ccc(NC3CCN(C(=O)[C@@H]4CCCN4S(=O)(=O)c4ccc(F)cc4)CC3)cc2)OC=O)cc1)(c1ccccc1)c1ccccc1. The minimum Gasteiger partial charge on any atom is -0.534 e. The highest BCUT2D eigenvalue weighted by Crippen LogP contribution is 2.38. The molecule has 2 heterocycles. The molecule has 7 rings (SSSR count). The predicted octanol–water partition coefficient (Wildman–Crippen LogP) is 6.77. The van der Waals surface area contributed by atoms with E-state index in [-0.39, 0.29) is 35.0 Å². The van der Waals surface area contributed by atoms with E-state index in [1.807, 2.05) is 36.4 Å². The average molecular weight is 907 g/mol. The van der Waals surface area contributed by atoms with E-state index in [2.05, 4.69) is 104 Å². The quantitative estimate of drug-likeness (QED) is 0.0525. The lowest BCUT2D eigenvalue weighted by Gasteiger charge is -2.43. The van der Waals surface area contributed by atoms with E-state index in [0.717, 1.165) is 48.4 Å². The predicted molar refractivity (Wildman–Crippen MR) is 251 cm³/mol. The van der Waals surface area contributed by atoms with Gasteiger partial charge in [-0.05, 0) is 120 Å². The molecule has 0 aliphatic carbocycles. The largest absolute Gasteiger partial charge is 0.534 e. The molecule has 2 aliphatic heterocycles. The topological polar surface area (TPSA) is 127 Å². The summed E-state index contributed by atoms with van der Waals surface area (Å²) in [5.74, 6) is 0.731. The zero-order valence-corrected chi connectivity index (χ0v) is 38.6. The Balaban J connectivity index is 0.842. The van der Waals surface area contributed by atoms with Crippen molar-refractivity contribution in [3.63, 3.8) is 0 Å².